The Morgan fingerprint density at radius 1 is 1.36 bits per heavy atom. The van der Waals surface area contributed by atoms with E-state index in [1.807, 2.05) is 29.5 Å². The zero-order valence-corrected chi connectivity index (χ0v) is 13.9. The molecular weight excluding hydrogens is 292 g/mol. The number of nitrogens with one attached hydrogen (secondary N) is 1. The zero-order valence-electron chi connectivity index (χ0n) is 13.1. The Kier molecular flexibility index (Phi) is 5.24. The van der Waals surface area contributed by atoms with E-state index >= 15 is 0 Å². The number of aliphatic hydroxyl groups is 1. The molecular formula is C18H24N2OS. The highest BCUT2D eigenvalue weighted by atomic mass is 32.1. The molecule has 0 amide bonds. The molecule has 2 aromatic rings. The molecule has 0 bridgehead atoms. The standard InChI is InChI=1S/C18H24N2OS/c1-13-7-8-16-17(9-13)22-18(20-16)12-19-11-15(21)10-14-5-3-2-4-6-14/h2-6,13,15,19,21H,7-12H2,1H3. The molecule has 1 aromatic carbocycles. The van der Waals surface area contributed by atoms with Crippen molar-refractivity contribution in [1.82, 2.24) is 10.3 Å². The molecule has 4 heteroatoms. The van der Waals surface area contributed by atoms with Gasteiger partial charge in [-0.15, -0.1) is 11.3 Å². The molecule has 3 nitrogen and oxygen atoms in total. The zero-order chi connectivity index (χ0) is 15.4. The van der Waals surface area contributed by atoms with E-state index in [9.17, 15) is 5.11 Å². The van der Waals surface area contributed by atoms with Crippen LogP contribution in [0.1, 0.15) is 34.5 Å². The Morgan fingerprint density at radius 2 is 2.18 bits per heavy atom. The summed E-state index contributed by atoms with van der Waals surface area (Å²) in [4.78, 5) is 6.21. The van der Waals surface area contributed by atoms with Crippen molar-refractivity contribution in [2.45, 2.75) is 45.3 Å². The maximum atomic E-state index is 10.1. The Hall–Kier alpha value is -1.23. The Morgan fingerprint density at radius 3 is 3.00 bits per heavy atom. The molecule has 2 atom stereocenters. The number of benzene rings is 1. The van der Waals surface area contributed by atoms with Gasteiger partial charge in [0.15, 0.2) is 0 Å². The summed E-state index contributed by atoms with van der Waals surface area (Å²) >= 11 is 1.84. The van der Waals surface area contributed by atoms with Crippen molar-refractivity contribution in [2.24, 2.45) is 5.92 Å². The summed E-state index contributed by atoms with van der Waals surface area (Å²) in [6.45, 7) is 3.69. The lowest BCUT2D eigenvalue weighted by molar-refractivity contribution is 0.171. The number of hydrogen-bond acceptors (Lipinski definition) is 4. The van der Waals surface area contributed by atoms with Crippen molar-refractivity contribution >= 4 is 11.3 Å². The first kappa shape index (κ1) is 15.7. The molecule has 1 aromatic heterocycles. The fraction of sp³-hybridized carbons (Fsp3) is 0.500. The first-order chi connectivity index (χ1) is 10.7. The van der Waals surface area contributed by atoms with Crippen LogP contribution in [0.25, 0.3) is 0 Å². The molecule has 2 N–H and O–H groups in total. The van der Waals surface area contributed by atoms with Crippen LogP contribution in [0.5, 0.6) is 0 Å². The third kappa shape index (κ3) is 4.15. The fourth-order valence-electron chi connectivity index (χ4n) is 2.97. The Balaban J connectivity index is 1.45. The lowest BCUT2D eigenvalue weighted by atomic mass is 9.93. The molecule has 0 saturated heterocycles. The van der Waals surface area contributed by atoms with Crippen LogP contribution in [0.2, 0.25) is 0 Å². The normalized spacial score (nSPS) is 18.9. The van der Waals surface area contributed by atoms with Gasteiger partial charge in [-0.2, -0.15) is 0 Å². The minimum Gasteiger partial charge on any atom is -0.391 e. The van der Waals surface area contributed by atoms with Gasteiger partial charge in [0.25, 0.3) is 0 Å². The smallest absolute Gasteiger partial charge is 0.107 e. The molecule has 1 aliphatic rings. The molecule has 22 heavy (non-hydrogen) atoms. The van der Waals surface area contributed by atoms with E-state index < -0.39 is 0 Å². The predicted octanol–water partition coefficient (Wildman–Crippen LogP) is 2.96. The van der Waals surface area contributed by atoms with Crippen LogP contribution in [0.15, 0.2) is 30.3 Å². The van der Waals surface area contributed by atoms with E-state index in [1.165, 1.54) is 29.0 Å². The second kappa shape index (κ2) is 7.36. The summed E-state index contributed by atoms with van der Waals surface area (Å²) in [7, 11) is 0. The summed E-state index contributed by atoms with van der Waals surface area (Å²) in [6.07, 6.45) is 3.92. The van der Waals surface area contributed by atoms with Crippen LogP contribution in [0, 0.1) is 5.92 Å². The number of rotatable bonds is 6. The maximum Gasteiger partial charge on any atom is 0.107 e. The summed E-state index contributed by atoms with van der Waals surface area (Å²) in [5, 5.41) is 14.6. The van der Waals surface area contributed by atoms with Gasteiger partial charge in [-0.05, 0) is 37.2 Å². The number of fused-ring (bicyclic) bond motifs is 1. The van der Waals surface area contributed by atoms with Gasteiger partial charge in [-0.25, -0.2) is 4.98 Å². The van der Waals surface area contributed by atoms with Crippen LogP contribution >= 0.6 is 11.3 Å². The molecule has 0 radical (unpaired) electrons. The number of aromatic nitrogens is 1. The van der Waals surface area contributed by atoms with Crippen molar-refractivity contribution in [2.75, 3.05) is 6.54 Å². The van der Waals surface area contributed by atoms with Gasteiger partial charge in [0, 0.05) is 18.0 Å². The Labute approximate surface area is 136 Å². The maximum absolute atomic E-state index is 10.1. The highest BCUT2D eigenvalue weighted by Gasteiger charge is 2.19. The topological polar surface area (TPSA) is 45.2 Å². The summed E-state index contributed by atoms with van der Waals surface area (Å²) < 4.78 is 0. The van der Waals surface area contributed by atoms with Gasteiger partial charge in [-0.1, -0.05) is 37.3 Å². The summed E-state index contributed by atoms with van der Waals surface area (Å²) in [5.41, 5.74) is 2.49. The van der Waals surface area contributed by atoms with E-state index in [1.54, 1.807) is 0 Å². The fourth-order valence-corrected chi connectivity index (χ4v) is 4.22. The van der Waals surface area contributed by atoms with Crippen molar-refractivity contribution in [3.63, 3.8) is 0 Å². The molecule has 2 unspecified atom stereocenters. The lowest BCUT2D eigenvalue weighted by Gasteiger charge is -2.15. The Bertz CT molecular complexity index is 596. The first-order valence-electron chi connectivity index (χ1n) is 8.11. The minimum atomic E-state index is -0.350. The van der Waals surface area contributed by atoms with E-state index in [0.29, 0.717) is 13.0 Å². The summed E-state index contributed by atoms with van der Waals surface area (Å²) in [5.74, 6) is 0.793. The second-order valence-electron chi connectivity index (χ2n) is 6.30. The average molecular weight is 316 g/mol. The number of nitrogens with zero attached hydrogens (tertiary/aromatic N) is 1. The van der Waals surface area contributed by atoms with Crippen LogP contribution in [-0.4, -0.2) is 22.7 Å². The second-order valence-corrected chi connectivity index (χ2v) is 7.47. The molecule has 1 aliphatic carbocycles. The third-order valence-corrected chi connectivity index (χ3v) is 5.32. The minimum absolute atomic E-state index is 0.350. The molecule has 3 rings (SSSR count). The van der Waals surface area contributed by atoms with Gasteiger partial charge >= 0.3 is 0 Å². The van der Waals surface area contributed by atoms with Crippen LogP contribution < -0.4 is 5.32 Å². The lowest BCUT2D eigenvalue weighted by Crippen LogP contribution is -2.28. The largest absolute Gasteiger partial charge is 0.391 e. The molecule has 1 heterocycles. The highest BCUT2D eigenvalue weighted by Crippen LogP contribution is 2.29. The summed E-state index contributed by atoms with van der Waals surface area (Å²) in [6, 6.07) is 10.1. The van der Waals surface area contributed by atoms with Gasteiger partial charge in [-0.3, -0.25) is 0 Å². The molecule has 0 spiro atoms. The van der Waals surface area contributed by atoms with Gasteiger partial charge in [0.2, 0.25) is 0 Å². The number of aryl methyl sites for hydroxylation is 1. The van der Waals surface area contributed by atoms with E-state index in [-0.39, 0.29) is 6.10 Å². The first-order valence-corrected chi connectivity index (χ1v) is 8.92. The number of thiazole rings is 1. The van der Waals surface area contributed by atoms with Gasteiger partial charge < -0.3 is 10.4 Å². The van der Waals surface area contributed by atoms with Crippen LogP contribution in [-0.2, 0) is 25.8 Å². The molecule has 0 aliphatic heterocycles. The van der Waals surface area contributed by atoms with E-state index in [0.717, 1.165) is 23.9 Å². The van der Waals surface area contributed by atoms with Gasteiger partial charge in [0.05, 0.1) is 11.8 Å². The molecule has 0 fully saturated rings. The van der Waals surface area contributed by atoms with Crippen molar-refractivity contribution in [3.8, 4) is 0 Å². The molecule has 118 valence electrons. The third-order valence-electron chi connectivity index (χ3n) is 4.20. The van der Waals surface area contributed by atoms with Crippen LogP contribution in [0.3, 0.4) is 0 Å². The average Bonchev–Trinajstić information content (AvgIpc) is 2.90. The van der Waals surface area contributed by atoms with Crippen molar-refractivity contribution in [1.29, 1.82) is 0 Å². The monoisotopic (exact) mass is 316 g/mol. The van der Waals surface area contributed by atoms with Crippen molar-refractivity contribution < 1.29 is 5.11 Å². The number of aliphatic hydroxyl groups excluding tert-OH is 1. The van der Waals surface area contributed by atoms with Crippen LogP contribution in [0.4, 0.5) is 0 Å². The van der Waals surface area contributed by atoms with Gasteiger partial charge in [0.1, 0.15) is 5.01 Å². The SMILES string of the molecule is CC1CCc2nc(CNCC(O)Cc3ccccc3)sc2C1. The molecule has 0 saturated carbocycles. The highest BCUT2D eigenvalue weighted by molar-refractivity contribution is 7.11. The van der Waals surface area contributed by atoms with E-state index in [4.69, 9.17) is 4.98 Å². The predicted molar refractivity (Wildman–Crippen MR) is 91.2 cm³/mol. The number of hydrogen-bond donors (Lipinski definition) is 2. The van der Waals surface area contributed by atoms with Crippen molar-refractivity contribution in [3.05, 3.63) is 51.5 Å². The quantitative estimate of drug-likeness (QED) is 0.861. The van der Waals surface area contributed by atoms with E-state index in [2.05, 4.69) is 24.4 Å².